The molecule has 0 unspecified atom stereocenters. The highest BCUT2D eigenvalue weighted by Crippen LogP contribution is 2.30. The van der Waals surface area contributed by atoms with Crippen LogP contribution in [0.1, 0.15) is 17.3 Å². The van der Waals surface area contributed by atoms with Crippen molar-refractivity contribution in [3.63, 3.8) is 0 Å². The van der Waals surface area contributed by atoms with Crippen LogP contribution in [0.25, 0.3) is 0 Å². The van der Waals surface area contributed by atoms with Crippen LogP contribution in [0.5, 0.6) is 0 Å². The number of halogens is 1. The number of hydrogen-bond acceptors (Lipinski definition) is 3. The summed E-state index contributed by atoms with van der Waals surface area (Å²) in [6.45, 7) is 1.51. The van der Waals surface area contributed by atoms with Gasteiger partial charge in [0.2, 0.25) is 0 Å². The summed E-state index contributed by atoms with van der Waals surface area (Å²) < 4.78 is 0. The molecule has 4 heteroatoms. The summed E-state index contributed by atoms with van der Waals surface area (Å²) >= 11 is 7.41. The summed E-state index contributed by atoms with van der Waals surface area (Å²) in [5.41, 5.74) is 6.93. The van der Waals surface area contributed by atoms with Gasteiger partial charge in [0.05, 0.1) is 0 Å². The van der Waals surface area contributed by atoms with Crippen LogP contribution in [-0.4, -0.2) is 5.78 Å². The summed E-state index contributed by atoms with van der Waals surface area (Å²) in [5, 5.41) is 0.714. The molecule has 0 aliphatic heterocycles. The van der Waals surface area contributed by atoms with Gasteiger partial charge in [-0.3, -0.25) is 4.79 Å². The average molecular weight is 278 g/mol. The predicted octanol–water partition coefficient (Wildman–Crippen LogP) is 4.28. The number of nitrogens with two attached hydrogens (primary N) is 1. The SMILES string of the molecule is CC(=O)c1ccc(Sc2ccc(Cl)cc2)cc1N. The Morgan fingerprint density at radius 2 is 1.72 bits per heavy atom. The highest BCUT2D eigenvalue weighted by Gasteiger charge is 2.06. The first kappa shape index (κ1) is 13.0. The lowest BCUT2D eigenvalue weighted by atomic mass is 10.1. The van der Waals surface area contributed by atoms with Gasteiger partial charge in [0.25, 0.3) is 0 Å². The fourth-order valence-corrected chi connectivity index (χ4v) is 2.56. The van der Waals surface area contributed by atoms with Crippen molar-refractivity contribution in [1.29, 1.82) is 0 Å². The van der Waals surface area contributed by atoms with Gasteiger partial charge in [0.15, 0.2) is 5.78 Å². The fourth-order valence-electron chi connectivity index (χ4n) is 1.56. The Bertz CT molecular complexity index is 581. The second-order valence-corrected chi connectivity index (χ2v) is 5.44. The van der Waals surface area contributed by atoms with Crippen molar-refractivity contribution in [3.8, 4) is 0 Å². The monoisotopic (exact) mass is 277 g/mol. The molecule has 0 aliphatic carbocycles. The van der Waals surface area contributed by atoms with E-state index < -0.39 is 0 Å². The van der Waals surface area contributed by atoms with Gasteiger partial charge in [-0.25, -0.2) is 0 Å². The number of rotatable bonds is 3. The Balaban J connectivity index is 2.22. The first-order valence-corrected chi connectivity index (χ1v) is 6.59. The van der Waals surface area contributed by atoms with Crippen molar-refractivity contribution in [3.05, 3.63) is 53.1 Å². The van der Waals surface area contributed by atoms with Crippen molar-refractivity contribution in [1.82, 2.24) is 0 Å². The molecule has 0 heterocycles. The number of nitrogen functional groups attached to an aromatic ring is 1. The smallest absolute Gasteiger partial charge is 0.161 e. The van der Waals surface area contributed by atoms with Gasteiger partial charge in [-0.2, -0.15) is 0 Å². The summed E-state index contributed by atoms with van der Waals surface area (Å²) in [6.07, 6.45) is 0. The molecule has 0 atom stereocenters. The molecule has 0 saturated heterocycles. The molecule has 92 valence electrons. The van der Waals surface area contributed by atoms with E-state index in [-0.39, 0.29) is 5.78 Å². The number of carbonyl (C=O) groups is 1. The number of ketones is 1. The van der Waals surface area contributed by atoms with Crippen LogP contribution >= 0.6 is 23.4 Å². The van der Waals surface area contributed by atoms with Gasteiger partial charge >= 0.3 is 0 Å². The Morgan fingerprint density at radius 3 is 2.28 bits per heavy atom. The van der Waals surface area contributed by atoms with Crippen LogP contribution in [0.2, 0.25) is 5.02 Å². The minimum absolute atomic E-state index is 0.0180. The third kappa shape index (κ3) is 3.06. The normalized spacial score (nSPS) is 10.3. The van der Waals surface area contributed by atoms with E-state index in [1.54, 1.807) is 17.8 Å². The topological polar surface area (TPSA) is 43.1 Å². The maximum absolute atomic E-state index is 11.3. The van der Waals surface area contributed by atoms with Crippen LogP contribution < -0.4 is 5.73 Å². The molecule has 2 aromatic carbocycles. The van der Waals surface area contributed by atoms with Crippen molar-refractivity contribution >= 4 is 34.8 Å². The van der Waals surface area contributed by atoms with Crippen LogP contribution in [0.3, 0.4) is 0 Å². The lowest BCUT2D eigenvalue weighted by Crippen LogP contribution is -1.99. The van der Waals surface area contributed by atoms with E-state index in [0.29, 0.717) is 16.3 Å². The zero-order valence-corrected chi connectivity index (χ0v) is 11.4. The third-order valence-electron chi connectivity index (χ3n) is 2.45. The Kier molecular flexibility index (Phi) is 3.94. The molecule has 2 N–H and O–H groups in total. The Hall–Kier alpha value is -1.45. The molecule has 0 bridgehead atoms. The molecule has 2 aromatic rings. The zero-order valence-electron chi connectivity index (χ0n) is 9.81. The van der Waals surface area contributed by atoms with Crippen LogP contribution in [-0.2, 0) is 0 Å². The Labute approximate surface area is 115 Å². The molecule has 0 spiro atoms. The van der Waals surface area contributed by atoms with Gasteiger partial charge in [0, 0.05) is 26.1 Å². The van der Waals surface area contributed by atoms with Crippen molar-refractivity contribution in [2.75, 3.05) is 5.73 Å². The Morgan fingerprint density at radius 1 is 1.11 bits per heavy atom. The predicted molar refractivity (Wildman–Crippen MR) is 76.4 cm³/mol. The number of anilines is 1. The number of benzene rings is 2. The van der Waals surface area contributed by atoms with Crippen molar-refractivity contribution in [2.24, 2.45) is 0 Å². The summed E-state index contributed by atoms with van der Waals surface area (Å²) in [6, 6.07) is 13.1. The van der Waals surface area contributed by atoms with E-state index in [0.717, 1.165) is 9.79 Å². The van der Waals surface area contributed by atoms with E-state index >= 15 is 0 Å². The van der Waals surface area contributed by atoms with Gasteiger partial charge in [0.1, 0.15) is 0 Å². The van der Waals surface area contributed by atoms with Crippen LogP contribution in [0, 0.1) is 0 Å². The zero-order chi connectivity index (χ0) is 13.1. The minimum Gasteiger partial charge on any atom is -0.398 e. The summed E-state index contributed by atoms with van der Waals surface area (Å²) in [7, 11) is 0. The van der Waals surface area contributed by atoms with Gasteiger partial charge in [-0.1, -0.05) is 23.4 Å². The van der Waals surface area contributed by atoms with Crippen LogP contribution in [0.15, 0.2) is 52.3 Å². The standard InChI is InChI=1S/C14H12ClNOS/c1-9(17)13-7-6-12(8-14(13)16)18-11-4-2-10(15)3-5-11/h2-8H,16H2,1H3. The van der Waals surface area contributed by atoms with E-state index in [9.17, 15) is 4.79 Å². The number of hydrogen-bond donors (Lipinski definition) is 1. The molecular formula is C14H12ClNOS. The second-order valence-electron chi connectivity index (χ2n) is 3.86. The molecule has 0 aliphatic rings. The van der Waals surface area contributed by atoms with Gasteiger partial charge in [-0.05, 0) is 49.4 Å². The first-order chi connectivity index (χ1) is 8.56. The van der Waals surface area contributed by atoms with Gasteiger partial charge in [-0.15, -0.1) is 0 Å². The molecular weight excluding hydrogens is 266 g/mol. The molecule has 0 aromatic heterocycles. The molecule has 18 heavy (non-hydrogen) atoms. The molecule has 2 nitrogen and oxygen atoms in total. The number of Topliss-reactive ketones (excluding diaryl/α,β-unsaturated/α-hetero) is 1. The van der Waals surface area contributed by atoms with Crippen molar-refractivity contribution in [2.45, 2.75) is 16.7 Å². The van der Waals surface area contributed by atoms with Crippen LogP contribution in [0.4, 0.5) is 5.69 Å². The molecule has 2 rings (SSSR count). The number of carbonyl (C=O) groups excluding carboxylic acids is 1. The molecule has 0 fully saturated rings. The largest absolute Gasteiger partial charge is 0.398 e. The molecule has 0 amide bonds. The highest BCUT2D eigenvalue weighted by atomic mass is 35.5. The lowest BCUT2D eigenvalue weighted by Gasteiger charge is -2.06. The quantitative estimate of drug-likeness (QED) is 0.673. The second kappa shape index (κ2) is 5.46. The maximum Gasteiger partial charge on any atom is 0.161 e. The summed E-state index contributed by atoms with van der Waals surface area (Å²) in [5.74, 6) is -0.0180. The fraction of sp³-hybridized carbons (Fsp3) is 0.0714. The van der Waals surface area contributed by atoms with E-state index in [4.69, 9.17) is 17.3 Å². The first-order valence-electron chi connectivity index (χ1n) is 5.40. The molecule has 0 radical (unpaired) electrons. The maximum atomic E-state index is 11.3. The van der Waals surface area contributed by atoms with E-state index in [2.05, 4.69) is 0 Å². The third-order valence-corrected chi connectivity index (χ3v) is 3.70. The van der Waals surface area contributed by atoms with E-state index in [1.165, 1.54) is 6.92 Å². The minimum atomic E-state index is -0.0180. The van der Waals surface area contributed by atoms with Gasteiger partial charge < -0.3 is 5.73 Å². The van der Waals surface area contributed by atoms with Crippen molar-refractivity contribution < 1.29 is 4.79 Å². The molecule has 0 saturated carbocycles. The van der Waals surface area contributed by atoms with E-state index in [1.807, 2.05) is 36.4 Å². The lowest BCUT2D eigenvalue weighted by molar-refractivity contribution is 0.101. The average Bonchev–Trinajstić information content (AvgIpc) is 2.32. The summed E-state index contributed by atoms with van der Waals surface area (Å²) in [4.78, 5) is 13.3. The highest BCUT2D eigenvalue weighted by molar-refractivity contribution is 7.99.